The van der Waals surface area contributed by atoms with E-state index in [1.807, 2.05) is 36.4 Å². The zero-order valence-corrected chi connectivity index (χ0v) is 18.4. The van der Waals surface area contributed by atoms with E-state index in [2.05, 4.69) is 5.32 Å². The zero-order valence-electron chi connectivity index (χ0n) is 16.9. The number of rotatable bonds is 7. The van der Waals surface area contributed by atoms with Crippen molar-refractivity contribution in [2.45, 2.75) is 25.3 Å². The van der Waals surface area contributed by atoms with Crippen LogP contribution < -0.4 is 16.8 Å². The maximum absolute atomic E-state index is 12.2. The van der Waals surface area contributed by atoms with Crippen LogP contribution in [0.3, 0.4) is 0 Å². The number of fused-ring (bicyclic) bond motifs is 1. The number of anilines is 1. The van der Waals surface area contributed by atoms with Crippen molar-refractivity contribution in [1.29, 1.82) is 0 Å². The summed E-state index contributed by atoms with van der Waals surface area (Å²) in [5, 5.41) is 14.5. The summed E-state index contributed by atoms with van der Waals surface area (Å²) < 4.78 is 0. The van der Waals surface area contributed by atoms with Gasteiger partial charge in [-0.2, -0.15) is 0 Å². The molecule has 3 aromatic carbocycles. The van der Waals surface area contributed by atoms with Crippen LogP contribution in [0.15, 0.2) is 60.7 Å². The Morgan fingerprint density at radius 3 is 2.35 bits per heavy atom. The minimum atomic E-state index is -0.986. The Morgan fingerprint density at radius 2 is 1.68 bits per heavy atom. The molecule has 1 atom stereocenters. The summed E-state index contributed by atoms with van der Waals surface area (Å²) in [5.74, 6) is -1.10. The lowest BCUT2D eigenvalue weighted by molar-refractivity contribution is -0.138. The van der Waals surface area contributed by atoms with E-state index < -0.39 is 12.0 Å². The topological polar surface area (TPSA) is 118 Å². The third-order valence-corrected chi connectivity index (χ3v) is 5.26. The molecule has 1 amide bonds. The van der Waals surface area contributed by atoms with Gasteiger partial charge in [-0.1, -0.05) is 59.6 Å². The van der Waals surface area contributed by atoms with Crippen LogP contribution in [0.4, 0.5) is 5.69 Å². The number of carbonyl (C=O) groups excluding carboxylic acids is 1. The van der Waals surface area contributed by atoms with Crippen molar-refractivity contribution < 1.29 is 14.7 Å². The lowest BCUT2D eigenvalue weighted by Crippen LogP contribution is -2.30. The predicted octanol–water partition coefficient (Wildman–Crippen LogP) is 4.73. The first-order chi connectivity index (χ1) is 14.8. The molecule has 0 bridgehead atoms. The Kier molecular flexibility index (Phi) is 9.59. The van der Waals surface area contributed by atoms with Gasteiger partial charge in [0.25, 0.3) is 5.91 Å². The van der Waals surface area contributed by atoms with Crippen molar-refractivity contribution in [3.05, 3.63) is 76.3 Å². The van der Waals surface area contributed by atoms with Crippen LogP contribution in [0.5, 0.6) is 0 Å². The predicted molar refractivity (Wildman–Crippen MR) is 127 cm³/mol. The van der Waals surface area contributed by atoms with E-state index in [4.69, 9.17) is 39.8 Å². The standard InChI is InChI=1S/C17H20N2O3.C6H5Cl2N/c18-15(17(21)22)10-3-4-11-19-16(20)14-9-5-7-12-6-1-2-8-13(12)14;7-5-2-1-4(9)3-6(5)8/h1-2,5-9,15H,3-4,10-11,18H2,(H,19,20)(H,21,22);1-3H,9H2/t15-;/m0./s1. The van der Waals surface area contributed by atoms with Crippen molar-refractivity contribution in [3.8, 4) is 0 Å². The number of aliphatic carboxylic acids is 1. The molecule has 0 aliphatic carbocycles. The first-order valence-corrected chi connectivity index (χ1v) is 10.5. The molecular formula is C23H25Cl2N3O3. The monoisotopic (exact) mass is 461 g/mol. The zero-order chi connectivity index (χ0) is 22.8. The first-order valence-electron chi connectivity index (χ1n) is 9.74. The molecule has 0 spiro atoms. The van der Waals surface area contributed by atoms with Gasteiger partial charge in [0, 0.05) is 17.8 Å². The molecule has 3 aromatic rings. The van der Waals surface area contributed by atoms with Gasteiger partial charge in [0.05, 0.1) is 10.0 Å². The fourth-order valence-electron chi connectivity index (χ4n) is 2.85. The molecule has 3 rings (SSSR count). The summed E-state index contributed by atoms with van der Waals surface area (Å²) >= 11 is 11.2. The summed E-state index contributed by atoms with van der Waals surface area (Å²) in [6.45, 7) is 0.508. The maximum atomic E-state index is 12.2. The van der Waals surface area contributed by atoms with E-state index in [1.165, 1.54) is 0 Å². The Bertz CT molecular complexity index is 1040. The van der Waals surface area contributed by atoms with Crippen molar-refractivity contribution in [2.75, 3.05) is 12.3 Å². The number of unbranched alkanes of at least 4 members (excludes halogenated alkanes) is 1. The molecule has 0 radical (unpaired) electrons. The highest BCUT2D eigenvalue weighted by atomic mass is 35.5. The second-order valence-electron chi connectivity index (χ2n) is 6.90. The van der Waals surface area contributed by atoms with Gasteiger partial charge >= 0.3 is 5.97 Å². The van der Waals surface area contributed by atoms with E-state index in [-0.39, 0.29) is 5.91 Å². The second-order valence-corrected chi connectivity index (χ2v) is 7.71. The van der Waals surface area contributed by atoms with Gasteiger partial charge in [0.1, 0.15) is 6.04 Å². The maximum Gasteiger partial charge on any atom is 0.320 e. The van der Waals surface area contributed by atoms with Gasteiger partial charge < -0.3 is 21.9 Å². The molecule has 0 aliphatic heterocycles. The Morgan fingerprint density at radius 1 is 0.968 bits per heavy atom. The number of nitrogens with two attached hydrogens (primary N) is 2. The largest absolute Gasteiger partial charge is 0.480 e. The molecule has 8 heteroatoms. The number of hydrogen-bond donors (Lipinski definition) is 4. The van der Waals surface area contributed by atoms with Crippen LogP contribution in [-0.4, -0.2) is 29.6 Å². The molecule has 6 N–H and O–H groups in total. The highest BCUT2D eigenvalue weighted by Crippen LogP contribution is 2.23. The average molecular weight is 462 g/mol. The SMILES string of the molecule is N[C@@H](CCCCNC(=O)c1cccc2ccccc12)C(=O)O.Nc1ccc(Cl)c(Cl)c1. The van der Waals surface area contributed by atoms with E-state index in [9.17, 15) is 9.59 Å². The third kappa shape index (κ3) is 7.75. The van der Waals surface area contributed by atoms with E-state index in [1.54, 1.807) is 24.3 Å². The molecule has 31 heavy (non-hydrogen) atoms. The minimum absolute atomic E-state index is 0.112. The van der Waals surface area contributed by atoms with Gasteiger partial charge in [0.2, 0.25) is 0 Å². The molecule has 0 saturated carbocycles. The van der Waals surface area contributed by atoms with Gasteiger partial charge in [-0.3, -0.25) is 9.59 Å². The second kappa shape index (κ2) is 12.2. The van der Waals surface area contributed by atoms with Crippen LogP contribution in [0.1, 0.15) is 29.6 Å². The minimum Gasteiger partial charge on any atom is -0.480 e. The number of nitrogens with one attached hydrogen (secondary N) is 1. The van der Waals surface area contributed by atoms with Crippen molar-refractivity contribution >= 4 is 51.5 Å². The fraction of sp³-hybridized carbons (Fsp3) is 0.217. The number of benzene rings is 3. The quantitative estimate of drug-likeness (QED) is 0.299. The van der Waals surface area contributed by atoms with Crippen LogP contribution in [-0.2, 0) is 4.79 Å². The summed E-state index contributed by atoms with van der Waals surface area (Å²) in [6.07, 6.45) is 1.79. The molecule has 0 saturated heterocycles. The number of hydrogen-bond acceptors (Lipinski definition) is 4. The van der Waals surface area contributed by atoms with Crippen molar-refractivity contribution in [3.63, 3.8) is 0 Å². The van der Waals surface area contributed by atoms with Crippen molar-refractivity contribution in [2.24, 2.45) is 5.73 Å². The van der Waals surface area contributed by atoms with Crippen LogP contribution in [0.25, 0.3) is 10.8 Å². The summed E-state index contributed by atoms with van der Waals surface area (Å²) in [5.41, 5.74) is 12.1. The van der Waals surface area contributed by atoms with Gasteiger partial charge in [-0.25, -0.2) is 0 Å². The summed E-state index contributed by atoms with van der Waals surface area (Å²) in [7, 11) is 0. The van der Waals surface area contributed by atoms with E-state index >= 15 is 0 Å². The Balaban J connectivity index is 0.000000316. The Hall–Kier alpha value is -2.80. The van der Waals surface area contributed by atoms with Gasteiger partial charge in [-0.15, -0.1) is 0 Å². The Labute approximate surface area is 191 Å². The number of halogens is 2. The molecule has 164 valence electrons. The van der Waals surface area contributed by atoms with Crippen LogP contribution in [0, 0.1) is 0 Å². The highest BCUT2D eigenvalue weighted by Gasteiger charge is 2.11. The lowest BCUT2D eigenvalue weighted by atomic mass is 10.0. The molecule has 0 fully saturated rings. The smallest absolute Gasteiger partial charge is 0.320 e. The number of carboxylic acids is 1. The fourth-order valence-corrected chi connectivity index (χ4v) is 3.15. The van der Waals surface area contributed by atoms with E-state index in [0.29, 0.717) is 47.1 Å². The van der Waals surface area contributed by atoms with Crippen molar-refractivity contribution in [1.82, 2.24) is 5.32 Å². The lowest BCUT2D eigenvalue weighted by Gasteiger charge is -2.09. The highest BCUT2D eigenvalue weighted by molar-refractivity contribution is 6.42. The van der Waals surface area contributed by atoms with Gasteiger partial charge in [-0.05, 0) is 54.3 Å². The molecule has 0 unspecified atom stereocenters. The third-order valence-electron chi connectivity index (χ3n) is 4.52. The molecule has 0 aromatic heterocycles. The van der Waals surface area contributed by atoms with Crippen LogP contribution >= 0.6 is 23.2 Å². The average Bonchev–Trinajstić information content (AvgIpc) is 2.76. The number of nitrogen functional groups attached to an aromatic ring is 1. The summed E-state index contributed by atoms with van der Waals surface area (Å²) in [6, 6.07) is 17.5. The molecule has 0 aliphatic rings. The molecule has 6 nitrogen and oxygen atoms in total. The number of amides is 1. The molecular weight excluding hydrogens is 437 g/mol. The first kappa shape index (κ1) is 24.5. The number of carboxylic acid groups (broad SMARTS) is 1. The normalized spacial score (nSPS) is 11.3. The number of carbonyl (C=O) groups is 2. The van der Waals surface area contributed by atoms with E-state index in [0.717, 1.165) is 10.8 Å². The summed E-state index contributed by atoms with van der Waals surface area (Å²) in [4.78, 5) is 22.8. The van der Waals surface area contributed by atoms with Crippen LogP contribution in [0.2, 0.25) is 10.0 Å². The van der Waals surface area contributed by atoms with Gasteiger partial charge in [0.15, 0.2) is 0 Å². The molecule has 0 heterocycles.